The zero-order chi connectivity index (χ0) is 17.3. The lowest BCUT2D eigenvalue weighted by Gasteiger charge is -2.10. The van der Waals surface area contributed by atoms with E-state index in [1.165, 1.54) is 23.0 Å². The van der Waals surface area contributed by atoms with Gasteiger partial charge in [0.05, 0.1) is 12.8 Å². The summed E-state index contributed by atoms with van der Waals surface area (Å²) in [4.78, 5) is 24.8. The Hall–Kier alpha value is -2.74. The topological polar surface area (TPSA) is 60.3 Å². The molecule has 0 atom stereocenters. The number of methoxy groups -OCH3 is 1. The van der Waals surface area contributed by atoms with Crippen LogP contribution >= 0.6 is 11.3 Å². The molecule has 0 saturated carbocycles. The standard InChI is InChI=1S/C16H12F2N2O3S/c1-23-16(22)13-6-9-4-5-24-15(9)20(13)8-14(21)19-12-7-10(17)2-3-11(12)18/h2-7H,8H2,1H3,(H,19,21). The van der Waals surface area contributed by atoms with Gasteiger partial charge in [0.2, 0.25) is 5.91 Å². The first-order chi connectivity index (χ1) is 11.5. The minimum Gasteiger partial charge on any atom is -0.464 e. The number of amides is 1. The maximum absolute atomic E-state index is 13.6. The van der Waals surface area contributed by atoms with Crippen molar-refractivity contribution in [1.29, 1.82) is 0 Å². The molecule has 0 unspecified atom stereocenters. The number of thiophene rings is 1. The van der Waals surface area contributed by atoms with Crippen molar-refractivity contribution in [2.24, 2.45) is 0 Å². The number of hydrogen-bond acceptors (Lipinski definition) is 4. The molecule has 1 N–H and O–H groups in total. The molecule has 0 fully saturated rings. The van der Waals surface area contributed by atoms with Crippen LogP contribution in [0.4, 0.5) is 14.5 Å². The second-order valence-electron chi connectivity index (χ2n) is 4.96. The summed E-state index contributed by atoms with van der Waals surface area (Å²) in [5.41, 5.74) is -0.0385. The lowest BCUT2D eigenvalue weighted by molar-refractivity contribution is -0.116. The van der Waals surface area contributed by atoms with E-state index >= 15 is 0 Å². The highest BCUT2D eigenvalue weighted by atomic mass is 32.1. The van der Waals surface area contributed by atoms with Crippen molar-refractivity contribution in [2.45, 2.75) is 6.54 Å². The molecule has 1 aromatic carbocycles. The van der Waals surface area contributed by atoms with E-state index in [2.05, 4.69) is 5.32 Å². The molecule has 124 valence electrons. The Morgan fingerprint density at radius 3 is 2.79 bits per heavy atom. The van der Waals surface area contributed by atoms with Crippen LogP contribution < -0.4 is 5.32 Å². The number of rotatable bonds is 4. The second kappa shape index (κ2) is 6.40. The highest BCUT2D eigenvalue weighted by Gasteiger charge is 2.19. The highest BCUT2D eigenvalue weighted by Crippen LogP contribution is 2.26. The summed E-state index contributed by atoms with van der Waals surface area (Å²) in [5, 5.41) is 4.93. The van der Waals surface area contributed by atoms with Crippen molar-refractivity contribution in [3.63, 3.8) is 0 Å². The van der Waals surface area contributed by atoms with Crippen LogP contribution in [0.25, 0.3) is 10.2 Å². The fraction of sp³-hybridized carbons (Fsp3) is 0.125. The number of esters is 1. The fourth-order valence-corrected chi connectivity index (χ4v) is 3.23. The monoisotopic (exact) mass is 350 g/mol. The van der Waals surface area contributed by atoms with Crippen molar-refractivity contribution in [3.8, 4) is 0 Å². The predicted octanol–water partition coefficient (Wildman–Crippen LogP) is 3.41. The van der Waals surface area contributed by atoms with Crippen LogP contribution in [0.1, 0.15) is 10.5 Å². The number of fused-ring (bicyclic) bond motifs is 1. The van der Waals surface area contributed by atoms with Gasteiger partial charge < -0.3 is 14.6 Å². The van der Waals surface area contributed by atoms with Crippen molar-refractivity contribution in [3.05, 3.63) is 53.0 Å². The Labute approximate surface area is 139 Å². The number of aromatic nitrogens is 1. The summed E-state index contributed by atoms with van der Waals surface area (Å²) in [7, 11) is 1.25. The van der Waals surface area contributed by atoms with Crippen LogP contribution in [0.5, 0.6) is 0 Å². The molecule has 0 aliphatic rings. The minimum atomic E-state index is -0.744. The number of benzene rings is 1. The summed E-state index contributed by atoms with van der Waals surface area (Å²) in [6.45, 7) is -0.232. The third-order valence-corrected chi connectivity index (χ3v) is 4.35. The summed E-state index contributed by atoms with van der Waals surface area (Å²) in [6.07, 6.45) is 0. The molecule has 8 heteroatoms. The lowest BCUT2D eigenvalue weighted by Crippen LogP contribution is -2.22. The quantitative estimate of drug-likeness (QED) is 0.734. The third-order valence-electron chi connectivity index (χ3n) is 3.40. The van der Waals surface area contributed by atoms with E-state index in [1.54, 1.807) is 6.07 Å². The Morgan fingerprint density at radius 2 is 2.04 bits per heavy atom. The predicted molar refractivity (Wildman–Crippen MR) is 86.1 cm³/mol. The van der Waals surface area contributed by atoms with E-state index in [1.807, 2.05) is 11.4 Å². The van der Waals surface area contributed by atoms with Crippen LogP contribution in [0, 0.1) is 11.6 Å². The molecule has 24 heavy (non-hydrogen) atoms. The molecule has 0 radical (unpaired) electrons. The average Bonchev–Trinajstić information content (AvgIpc) is 3.13. The van der Waals surface area contributed by atoms with Gasteiger partial charge in [-0.3, -0.25) is 4.79 Å². The summed E-state index contributed by atoms with van der Waals surface area (Å²) < 4.78 is 33.0. The normalized spacial score (nSPS) is 10.8. The molecule has 3 aromatic rings. The number of halogens is 2. The molecule has 0 saturated heterocycles. The number of carbonyl (C=O) groups is 2. The summed E-state index contributed by atoms with van der Waals surface area (Å²) in [6, 6.07) is 6.21. The molecule has 0 bridgehead atoms. The molecule has 5 nitrogen and oxygen atoms in total. The van der Waals surface area contributed by atoms with Gasteiger partial charge in [0, 0.05) is 11.5 Å². The zero-order valence-electron chi connectivity index (χ0n) is 12.5. The molecule has 0 spiro atoms. The number of nitrogens with zero attached hydrogens (tertiary/aromatic N) is 1. The molecule has 3 rings (SSSR count). The molecular formula is C16H12F2N2O3S. The molecule has 1 amide bonds. The van der Waals surface area contributed by atoms with Gasteiger partial charge in [-0.15, -0.1) is 11.3 Å². The molecule has 2 heterocycles. The van der Waals surface area contributed by atoms with Gasteiger partial charge in [-0.05, 0) is 29.6 Å². The van der Waals surface area contributed by atoms with Gasteiger partial charge in [-0.2, -0.15) is 0 Å². The van der Waals surface area contributed by atoms with E-state index < -0.39 is 23.5 Å². The largest absolute Gasteiger partial charge is 0.464 e. The second-order valence-corrected chi connectivity index (χ2v) is 5.86. The van der Waals surface area contributed by atoms with Crippen molar-refractivity contribution in [2.75, 3.05) is 12.4 Å². The fourth-order valence-electron chi connectivity index (χ4n) is 2.33. The summed E-state index contributed by atoms with van der Waals surface area (Å²) >= 11 is 1.36. The van der Waals surface area contributed by atoms with Gasteiger partial charge in [-0.25, -0.2) is 13.6 Å². The Morgan fingerprint density at radius 1 is 1.25 bits per heavy atom. The third kappa shape index (κ3) is 3.00. The number of anilines is 1. The first kappa shape index (κ1) is 16.1. The van der Waals surface area contributed by atoms with Gasteiger partial charge >= 0.3 is 5.97 Å². The van der Waals surface area contributed by atoms with Crippen molar-refractivity contribution < 1.29 is 23.1 Å². The Bertz CT molecular complexity index is 933. The van der Waals surface area contributed by atoms with Gasteiger partial charge in [-0.1, -0.05) is 0 Å². The zero-order valence-corrected chi connectivity index (χ0v) is 13.3. The molecular weight excluding hydrogens is 338 g/mol. The minimum absolute atomic E-state index is 0.217. The van der Waals surface area contributed by atoms with Gasteiger partial charge in [0.25, 0.3) is 0 Å². The van der Waals surface area contributed by atoms with Crippen LogP contribution in [0.2, 0.25) is 0 Å². The van der Waals surface area contributed by atoms with E-state index in [-0.39, 0.29) is 17.9 Å². The Kier molecular flexibility index (Phi) is 4.30. The van der Waals surface area contributed by atoms with E-state index in [4.69, 9.17) is 4.74 Å². The van der Waals surface area contributed by atoms with Gasteiger partial charge in [0.15, 0.2) is 0 Å². The van der Waals surface area contributed by atoms with Gasteiger partial charge in [0.1, 0.15) is 28.7 Å². The maximum Gasteiger partial charge on any atom is 0.354 e. The van der Waals surface area contributed by atoms with E-state index in [0.717, 1.165) is 23.6 Å². The Balaban J connectivity index is 1.88. The molecule has 0 aliphatic heterocycles. The van der Waals surface area contributed by atoms with Crippen LogP contribution in [-0.4, -0.2) is 23.6 Å². The molecule has 0 aliphatic carbocycles. The average molecular weight is 350 g/mol. The molecule has 2 aromatic heterocycles. The smallest absolute Gasteiger partial charge is 0.354 e. The highest BCUT2D eigenvalue weighted by molar-refractivity contribution is 7.16. The number of ether oxygens (including phenoxy) is 1. The first-order valence-electron chi connectivity index (χ1n) is 6.89. The van der Waals surface area contributed by atoms with Crippen molar-refractivity contribution in [1.82, 2.24) is 4.57 Å². The SMILES string of the molecule is COC(=O)c1cc2ccsc2n1CC(=O)Nc1cc(F)ccc1F. The first-order valence-corrected chi connectivity index (χ1v) is 7.77. The van der Waals surface area contributed by atoms with E-state index in [9.17, 15) is 18.4 Å². The summed E-state index contributed by atoms with van der Waals surface area (Å²) in [5.74, 6) is -2.58. The van der Waals surface area contributed by atoms with Crippen LogP contribution in [-0.2, 0) is 16.1 Å². The number of carbonyl (C=O) groups excluding carboxylic acids is 2. The van der Waals surface area contributed by atoms with Crippen molar-refractivity contribution >= 4 is 39.1 Å². The number of hydrogen-bond donors (Lipinski definition) is 1. The van der Waals surface area contributed by atoms with E-state index in [0.29, 0.717) is 4.83 Å². The maximum atomic E-state index is 13.6. The lowest BCUT2D eigenvalue weighted by atomic mass is 10.3. The van der Waals surface area contributed by atoms with Crippen LogP contribution in [0.3, 0.4) is 0 Å². The number of nitrogens with one attached hydrogen (secondary N) is 1. The van der Waals surface area contributed by atoms with Crippen LogP contribution in [0.15, 0.2) is 35.7 Å².